The Morgan fingerprint density at radius 3 is 2.55 bits per heavy atom. The Kier molecular flexibility index (Phi) is 4.27. The van der Waals surface area contributed by atoms with Crippen LogP contribution in [0.1, 0.15) is 19.8 Å². The Morgan fingerprint density at radius 2 is 1.95 bits per heavy atom. The molecule has 2 atom stereocenters. The number of carbonyl (C=O) groups is 2. The number of nitrogens with zero attached hydrogens (tertiary/aromatic N) is 2. The van der Waals surface area contributed by atoms with Crippen molar-refractivity contribution < 1.29 is 14.7 Å². The van der Waals surface area contributed by atoms with E-state index >= 15 is 0 Å². The molecule has 0 radical (unpaired) electrons. The van der Waals surface area contributed by atoms with Gasteiger partial charge in [-0.25, -0.2) is 9.59 Å². The van der Waals surface area contributed by atoms with Gasteiger partial charge in [0.25, 0.3) is 0 Å². The number of urea groups is 1. The van der Waals surface area contributed by atoms with Gasteiger partial charge in [-0.1, -0.05) is 25.1 Å². The predicted molar refractivity (Wildman–Crippen MR) is 76.8 cm³/mol. The molecule has 5 heteroatoms. The number of carbonyl (C=O) groups excluding carboxylic acids is 1. The quantitative estimate of drug-likeness (QED) is 0.902. The van der Waals surface area contributed by atoms with Gasteiger partial charge in [0.15, 0.2) is 0 Å². The zero-order chi connectivity index (χ0) is 14.7. The molecule has 1 aliphatic rings. The number of rotatable bonds is 2. The van der Waals surface area contributed by atoms with Crippen LogP contribution in [0.15, 0.2) is 30.3 Å². The lowest BCUT2D eigenvalue weighted by Crippen LogP contribution is -2.53. The van der Waals surface area contributed by atoms with Crippen LogP contribution >= 0.6 is 0 Å². The number of amides is 2. The van der Waals surface area contributed by atoms with Gasteiger partial charge in [-0.2, -0.15) is 0 Å². The van der Waals surface area contributed by atoms with Gasteiger partial charge in [0.1, 0.15) is 6.04 Å². The van der Waals surface area contributed by atoms with Crippen LogP contribution in [0.4, 0.5) is 10.5 Å². The molecule has 1 N–H and O–H groups in total. The molecular weight excluding hydrogens is 256 g/mol. The standard InChI is InChI=1S/C15H20N2O3/c1-11-8-9-17(13(10-11)14(18)19)15(20)16(2)12-6-4-3-5-7-12/h3-7,11,13H,8-10H2,1-2H3,(H,18,19). The number of anilines is 1. The first kappa shape index (κ1) is 14.4. The number of para-hydroxylation sites is 1. The van der Waals surface area contributed by atoms with Crippen molar-refractivity contribution in [3.05, 3.63) is 30.3 Å². The lowest BCUT2D eigenvalue weighted by molar-refractivity contribution is -0.143. The Bertz CT molecular complexity index is 489. The molecule has 2 amide bonds. The van der Waals surface area contributed by atoms with Crippen molar-refractivity contribution in [3.8, 4) is 0 Å². The monoisotopic (exact) mass is 276 g/mol. The van der Waals surface area contributed by atoms with Crippen LogP contribution in [0.3, 0.4) is 0 Å². The van der Waals surface area contributed by atoms with Crippen LogP contribution in [-0.2, 0) is 4.79 Å². The molecule has 0 bridgehead atoms. The molecule has 0 saturated carbocycles. The smallest absolute Gasteiger partial charge is 0.326 e. The number of piperidine rings is 1. The van der Waals surface area contributed by atoms with E-state index in [-0.39, 0.29) is 6.03 Å². The largest absolute Gasteiger partial charge is 0.480 e. The van der Waals surface area contributed by atoms with E-state index in [4.69, 9.17) is 0 Å². The zero-order valence-electron chi connectivity index (χ0n) is 11.8. The highest BCUT2D eigenvalue weighted by atomic mass is 16.4. The Balaban J connectivity index is 2.16. The lowest BCUT2D eigenvalue weighted by Gasteiger charge is -2.38. The molecule has 108 valence electrons. The number of carboxylic acid groups (broad SMARTS) is 1. The second-order valence-corrected chi connectivity index (χ2v) is 5.35. The molecule has 1 aromatic carbocycles. The van der Waals surface area contributed by atoms with E-state index in [1.807, 2.05) is 37.3 Å². The van der Waals surface area contributed by atoms with Crippen molar-refractivity contribution in [2.45, 2.75) is 25.8 Å². The summed E-state index contributed by atoms with van der Waals surface area (Å²) >= 11 is 0. The van der Waals surface area contributed by atoms with Crippen LogP contribution in [0, 0.1) is 5.92 Å². The van der Waals surface area contributed by atoms with Gasteiger partial charge >= 0.3 is 12.0 Å². The van der Waals surface area contributed by atoms with Gasteiger partial charge in [-0.15, -0.1) is 0 Å². The molecule has 1 saturated heterocycles. The van der Waals surface area contributed by atoms with E-state index in [1.165, 1.54) is 9.80 Å². The normalized spacial score (nSPS) is 22.4. The number of hydrogen-bond acceptors (Lipinski definition) is 2. The molecule has 0 aliphatic carbocycles. The van der Waals surface area contributed by atoms with Crippen LogP contribution < -0.4 is 4.90 Å². The van der Waals surface area contributed by atoms with Crippen LogP contribution in [0.2, 0.25) is 0 Å². The fourth-order valence-corrected chi connectivity index (χ4v) is 2.56. The molecule has 0 aromatic heterocycles. The molecule has 1 heterocycles. The summed E-state index contributed by atoms with van der Waals surface area (Å²) in [4.78, 5) is 26.8. The fraction of sp³-hybridized carbons (Fsp3) is 0.467. The van der Waals surface area contributed by atoms with Crippen molar-refractivity contribution in [1.82, 2.24) is 4.90 Å². The Hall–Kier alpha value is -2.04. The third kappa shape index (κ3) is 2.92. The summed E-state index contributed by atoms with van der Waals surface area (Å²) in [5.41, 5.74) is 0.764. The Labute approximate surface area is 118 Å². The maximum Gasteiger partial charge on any atom is 0.326 e. The minimum absolute atomic E-state index is 0.254. The third-order valence-corrected chi connectivity index (χ3v) is 3.83. The second-order valence-electron chi connectivity index (χ2n) is 5.35. The molecule has 1 aromatic rings. The van der Waals surface area contributed by atoms with Crippen molar-refractivity contribution in [2.75, 3.05) is 18.5 Å². The average Bonchev–Trinajstić information content (AvgIpc) is 2.46. The summed E-state index contributed by atoms with van der Waals surface area (Å²) in [6.45, 7) is 2.52. The molecule has 1 aliphatic heterocycles. The molecular formula is C15H20N2O3. The van der Waals surface area contributed by atoms with Crippen LogP contribution in [0.5, 0.6) is 0 Å². The van der Waals surface area contributed by atoms with Crippen LogP contribution in [-0.4, -0.2) is 41.6 Å². The van der Waals surface area contributed by atoms with Crippen molar-refractivity contribution >= 4 is 17.7 Å². The summed E-state index contributed by atoms with van der Waals surface area (Å²) in [7, 11) is 1.68. The highest BCUT2D eigenvalue weighted by molar-refractivity contribution is 5.94. The second kappa shape index (κ2) is 5.94. The number of aliphatic carboxylic acids is 1. The topological polar surface area (TPSA) is 60.9 Å². The molecule has 1 fully saturated rings. The Morgan fingerprint density at radius 1 is 1.30 bits per heavy atom. The van der Waals surface area contributed by atoms with Crippen molar-refractivity contribution in [1.29, 1.82) is 0 Å². The van der Waals surface area contributed by atoms with E-state index in [0.29, 0.717) is 18.9 Å². The van der Waals surface area contributed by atoms with E-state index in [9.17, 15) is 14.7 Å². The molecule has 2 unspecified atom stereocenters. The third-order valence-electron chi connectivity index (χ3n) is 3.83. The first-order valence-electron chi connectivity index (χ1n) is 6.83. The maximum absolute atomic E-state index is 12.5. The first-order chi connectivity index (χ1) is 9.50. The van der Waals surface area contributed by atoms with E-state index in [0.717, 1.165) is 12.1 Å². The lowest BCUT2D eigenvalue weighted by atomic mass is 9.92. The number of benzene rings is 1. The van der Waals surface area contributed by atoms with E-state index in [1.54, 1.807) is 7.05 Å². The minimum Gasteiger partial charge on any atom is -0.480 e. The van der Waals surface area contributed by atoms with Crippen molar-refractivity contribution in [3.63, 3.8) is 0 Å². The SMILES string of the molecule is CC1CCN(C(=O)N(C)c2ccccc2)C(C(=O)O)C1. The molecule has 0 spiro atoms. The fourth-order valence-electron chi connectivity index (χ4n) is 2.56. The van der Waals surface area contributed by atoms with Crippen molar-refractivity contribution in [2.24, 2.45) is 5.92 Å². The van der Waals surface area contributed by atoms with Gasteiger partial charge < -0.3 is 10.0 Å². The highest BCUT2D eigenvalue weighted by Crippen LogP contribution is 2.25. The summed E-state index contributed by atoms with van der Waals surface area (Å²) < 4.78 is 0. The number of likely N-dealkylation sites (tertiary alicyclic amines) is 1. The average molecular weight is 276 g/mol. The van der Waals surface area contributed by atoms with Gasteiger partial charge in [0, 0.05) is 19.3 Å². The molecule has 20 heavy (non-hydrogen) atoms. The summed E-state index contributed by atoms with van der Waals surface area (Å²) in [6, 6.07) is 8.27. The van der Waals surface area contributed by atoms with Gasteiger partial charge in [-0.3, -0.25) is 4.90 Å². The summed E-state index contributed by atoms with van der Waals surface area (Å²) in [6.07, 6.45) is 1.36. The van der Waals surface area contributed by atoms with Gasteiger partial charge in [0.05, 0.1) is 0 Å². The molecule has 2 rings (SSSR count). The summed E-state index contributed by atoms with van der Waals surface area (Å²) in [5, 5.41) is 9.32. The zero-order valence-corrected chi connectivity index (χ0v) is 11.8. The predicted octanol–water partition coefficient (Wildman–Crippen LogP) is 2.43. The summed E-state index contributed by atoms with van der Waals surface area (Å²) in [5.74, 6) is -0.589. The van der Waals surface area contributed by atoms with E-state index < -0.39 is 12.0 Å². The first-order valence-corrected chi connectivity index (χ1v) is 6.83. The van der Waals surface area contributed by atoms with Crippen LogP contribution in [0.25, 0.3) is 0 Å². The van der Waals surface area contributed by atoms with Gasteiger partial charge in [0.2, 0.25) is 0 Å². The van der Waals surface area contributed by atoms with Gasteiger partial charge in [-0.05, 0) is 30.9 Å². The maximum atomic E-state index is 12.5. The number of hydrogen-bond donors (Lipinski definition) is 1. The van der Waals surface area contributed by atoms with E-state index in [2.05, 4.69) is 0 Å². The number of carboxylic acids is 1. The highest BCUT2D eigenvalue weighted by Gasteiger charge is 2.36. The molecule has 5 nitrogen and oxygen atoms in total. The minimum atomic E-state index is -0.925.